The zero-order valence-electron chi connectivity index (χ0n) is 22.4. The highest BCUT2D eigenvalue weighted by Gasteiger charge is 2.24. The minimum atomic E-state index is 1.28. The largest absolute Gasteiger partial charge is 0.307 e. The van der Waals surface area contributed by atoms with Crippen LogP contribution in [-0.4, -0.2) is 8.80 Å². The molecule has 4 aromatic heterocycles. The molecule has 0 spiro atoms. The van der Waals surface area contributed by atoms with E-state index >= 15 is 0 Å². The predicted octanol–water partition coefficient (Wildman–Crippen LogP) is 10.9. The molecule has 0 aliphatic rings. The van der Waals surface area contributed by atoms with E-state index in [-0.39, 0.29) is 0 Å². The quantitative estimate of drug-likeness (QED) is 0.173. The maximum atomic E-state index is 2.53. The van der Waals surface area contributed by atoms with Gasteiger partial charge in [0.2, 0.25) is 0 Å². The van der Waals surface area contributed by atoms with E-state index in [2.05, 4.69) is 130 Å². The van der Waals surface area contributed by atoms with E-state index < -0.39 is 0 Å². The van der Waals surface area contributed by atoms with Gasteiger partial charge in [0, 0.05) is 53.9 Å². The normalized spacial score (nSPS) is 13.2. The van der Waals surface area contributed by atoms with Crippen LogP contribution in [0.4, 0.5) is 0 Å². The summed E-state index contributed by atoms with van der Waals surface area (Å²) in [5.41, 5.74) is 7.88. The summed E-state index contributed by atoms with van der Waals surface area (Å²) in [5, 5.41) is 18.7. The van der Waals surface area contributed by atoms with E-state index in [1.807, 2.05) is 0 Å². The van der Waals surface area contributed by atoms with Crippen molar-refractivity contribution in [1.29, 1.82) is 0 Å². The second kappa shape index (κ2) is 6.48. The molecular weight excluding hydrogens is 508 g/mol. The number of benzene rings is 8. The molecule has 12 aromatic rings. The predicted molar refractivity (Wildman–Crippen MR) is 179 cm³/mol. The van der Waals surface area contributed by atoms with E-state index in [1.54, 1.807) is 0 Å². The van der Waals surface area contributed by atoms with E-state index in [9.17, 15) is 0 Å². The topological polar surface area (TPSA) is 8.82 Å². The maximum Gasteiger partial charge on any atom is 0.0620 e. The number of hydrogen-bond donors (Lipinski definition) is 0. The fraction of sp³-hybridized carbons (Fsp3) is 0. The summed E-state index contributed by atoms with van der Waals surface area (Å²) in [4.78, 5) is 0. The molecule has 0 atom stereocenters. The maximum absolute atomic E-state index is 2.53. The molecule has 2 heteroatoms. The van der Waals surface area contributed by atoms with Gasteiger partial charge < -0.3 is 8.80 Å². The van der Waals surface area contributed by atoms with Crippen molar-refractivity contribution in [1.82, 2.24) is 8.80 Å². The zero-order valence-corrected chi connectivity index (χ0v) is 22.4. The fourth-order valence-corrected chi connectivity index (χ4v) is 8.75. The summed E-state index contributed by atoms with van der Waals surface area (Å²) in [5.74, 6) is 0. The van der Waals surface area contributed by atoms with E-state index in [0.717, 1.165) is 0 Å². The van der Waals surface area contributed by atoms with Crippen molar-refractivity contribution < 1.29 is 0 Å². The van der Waals surface area contributed by atoms with Crippen LogP contribution in [0.25, 0.3) is 109 Å². The van der Waals surface area contributed by atoms with Crippen LogP contribution < -0.4 is 0 Å². The third-order valence-electron chi connectivity index (χ3n) is 10.3. The van der Waals surface area contributed by atoms with Gasteiger partial charge in [-0.15, -0.1) is 0 Å². The van der Waals surface area contributed by atoms with Gasteiger partial charge in [0.05, 0.1) is 33.1 Å². The lowest BCUT2D eigenvalue weighted by Crippen LogP contribution is -1.89. The average Bonchev–Trinajstić information content (AvgIpc) is 3.76. The summed E-state index contributed by atoms with van der Waals surface area (Å²) in [6.07, 6.45) is 0. The van der Waals surface area contributed by atoms with Gasteiger partial charge >= 0.3 is 0 Å². The first kappa shape index (κ1) is 20.3. The first-order valence-corrected chi connectivity index (χ1v) is 14.7. The van der Waals surface area contributed by atoms with Crippen LogP contribution in [0.5, 0.6) is 0 Å². The van der Waals surface area contributed by atoms with Crippen molar-refractivity contribution in [3.63, 3.8) is 0 Å². The Morgan fingerprint density at radius 2 is 0.667 bits per heavy atom. The third kappa shape index (κ3) is 2.00. The van der Waals surface area contributed by atoms with Crippen LogP contribution in [0.3, 0.4) is 0 Å². The molecule has 12 rings (SSSR count). The minimum absolute atomic E-state index is 1.28. The average molecular weight is 529 g/mol. The minimum Gasteiger partial charge on any atom is -0.307 e. The van der Waals surface area contributed by atoms with Gasteiger partial charge in [0.1, 0.15) is 0 Å². The molecular formula is C40H20N2. The second-order valence-electron chi connectivity index (χ2n) is 12.1. The fourth-order valence-electron chi connectivity index (χ4n) is 8.75. The number of aromatic nitrogens is 2. The molecule has 0 unspecified atom stereocenters. The molecule has 0 radical (unpaired) electrons. The molecule has 190 valence electrons. The van der Waals surface area contributed by atoms with Crippen molar-refractivity contribution in [3.05, 3.63) is 121 Å². The zero-order chi connectivity index (χ0) is 26.8. The number of hydrogen-bond acceptors (Lipinski definition) is 0. The number of nitrogens with zero attached hydrogens (tertiary/aromatic N) is 2. The smallest absolute Gasteiger partial charge is 0.0620 e. The molecule has 0 aliphatic carbocycles. The summed E-state index contributed by atoms with van der Waals surface area (Å²) in [6.45, 7) is 0. The third-order valence-corrected chi connectivity index (χ3v) is 10.3. The number of rotatable bonds is 0. The Morgan fingerprint density at radius 1 is 0.286 bits per heavy atom. The van der Waals surface area contributed by atoms with Crippen LogP contribution in [-0.2, 0) is 0 Å². The molecule has 2 nitrogen and oxygen atoms in total. The molecule has 4 heterocycles. The van der Waals surface area contributed by atoms with Crippen LogP contribution in [0, 0.1) is 0 Å². The van der Waals surface area contributed by atoms with Gasteiger partial charge in [0.25, 0.3) is 0 Å². The summed E-state index contributed by atoms with van der Waals surface area (Å²) >= 11 is 0. The molecule has 8 aromatic carbocycles. The monoisotopic (exact) mass is 528 g/mol. The molecule has 0 bridgehead atoms. The van der Waals surface area contributed by atoms with Crippen molar-refractivity contribution in [2.24, 2.45) is 0 Å². The van der Waals surface area contributed by atoms with Gasteiger partial charge in [-0.1, -0.05) is 97.1 Å². The molecule has 0 aliphatic heterocycles. The van der Waals surface area contributed by atoms with E-state index in [1.165, 1.54) is 109 Å². The van der Waals surface area contributed by atoms with Gasteiger partial charge in [-0.3, -0.25) is 0 Å². The lowest BCUT2D eigenvalue weighted by molar-refractivity contribution is 1.38. The van der Waals surface area contributed by atoms with Crippen LogP contribution in [0.15, 0.2) is 121 Å². The Balaban J connectivity index is 1.39. The van der Waals surface area contributed by atoms with Crippen LogP contribution in [0.1, 0.15) is 0 Å². The summed E-state index contributed by atoms with van der Waals surface area (Å²) < 4.78 is 5.06. The van der Waals surface area contributed by atoms with Crippen LogP contribution >= 0.6 is 0 Å². The Hall–Kier alpha value is -5.60. The Bertz CT molecular complexity index is 2900. The first-order valence-electron chi connectivity index (χ1n) is 14.7. The molecule has 0 saturated heterocycles. The Kier molecular flexibility index (Phi) is 3.13. The van der Waals surface area contributed by atoms with Crippen molar-refractivity contribution in [2.45, 2.75) is 0 Å². The summed E-state index contributed by atoms with van der Waals surface area (Å²) in [6, 6.07) is 45.7. The molecule has 0 fully saturated rings. The van der Waals surface area contributed by atoms with Crippen molar-refractivity contribution in [2.75, 3.05) is 0 Å². The van der Waals surface area contributed by atoms with Crippen molar-refractivity contribution in [3.8, 4) is 0 Å². The van der Waals surface area contributed by atoms with Crippen LogP contribution in [0.2, 0.25) is 0 Å². The lowest BCUT2D eigenvalue weighted by Gasteiger charge is -2.14. The highest BCUT2D eigenvalue weighted by Crippen LogP contribution is 2.48. The number of para-hydroxylation sites is 4. The molecule has 0 amide bonds. The second-order valence-corrected chi connectivity index (χ2v) is 12.1. The first-order chi connectivity index (χ1) is 20.9. The summed E-state index contributed by atoms with van der Waals surface area (Å²) in [7, 11) is 0. The molecule has 0 N–H and O–H groups in total. The van der Waals surface area contributed by atoms with E-state index in [0.29, 0.717) is 0 Å². The van der Waals surface area contributed by atoms with Crippen molar-refractivity contribution >= 4 is 109 Å². The van der Waals surface area contributed by atoms with Gasteiger partial charge in [-0.05, 0) is 45.8 Å². The highest BCUT2D eigenvalue weighted by molar-refractivity contribution is 6.38. The van der Waals surface area contributed by atoms with E-state index in [4.69, 9.17) is 0 Å². The number of fused-ring (bicyclic) bond motifs is 14. The Labute approximate surface area is 238 Å². The van der Waals surface area contributed by atoms with Gasteiger partial charge in [-0.25, -0.2) is 0 Å². The SMILES string of the molecule is c1ccc2c(c1)c1cccc3c4cc5ccc6c7c(ccc(c57)c4n2c13)cc1c2cccc3c4ccccc4n(c32)c16. The lowest BCUT2D eigenvalue weighted by atomic mass is 9.91. The van der Waals surface area contributed by atoms with Gasteiger partial charge in [0.15, 0.2) is 0 Å². The van der Waals surface area contributed by atoms with Gasteiger partial charge in [-0.2, -0.15) is 0 Å². The standard InChI is InChI=1S/C40H20N2/c1-3-13-33-23(7-1)25-9-5-11-27-31-19-21-16-18-30-36-22(15-17-29(35(21)36)39(31)41(33)37(25)27)20-32-28-12-6-10-26-24-8-2-4-14-34(24)42(38(26)28)40(30)32/h1-20H. The Morgan fingerprint density at radius 3 is 1.14 bits per heavy atom. The molecule has 42 heavy (non-hydrogen) atoms. The molecule has 0 saturated carbocycles. The highest BCUT2D eigenvalue weighted by atomic mass is 14.9.